The van der Waals surface area contributed by atoms with Crippen LogP contribution in [-0.2, 0) is 15.8 Å². The third-order valence-corrected chi connectivity index (χ3v) is 3.31. The Morgan fingerprint density at radius 1 is 1.59 bits per heavy atom. The van der Waals surface area contributed by atoms with Crippen molar-refractivity contribution in [2.45, 2.75) is 26.5 Å². The number of nitrogens with one attached hydrogen (secondary N) is 1. The topological polar surface area (TPSA) is 96.0 Å². The van der Waals surface area contributed by atoms with Crippen LogP contribution in [0.2, 0.25) is 0 Å². The summed E-state index contributed by atoms with van der Waals surface area (Å²) in [6, 6.07) is 3.58. The first-order valence-corrected chi connectivity index (χ1v) is 6.70. The zero-order valence-corrected chi connectivity index (χ0v) is 10.8. The van der Waals surface area contributed by atoms with Crippen LogP contribution in [0, 0.1) is 23.7 Å². The van der Waals surface area contributed by atoms with Crippen molar-refractivity contribution in [1.82, 2.24) is 9.88 Å². The van der Waals surface area contributed by atoms with Crippen molar-refractivity contribution in [2.75, 3.05) is 6.54 Å². The number of nitrogens with zero attached hydrogens (tertiary/aromatic N) is 2. The molecule has 0 aromatic carbocycles. The summed E-state index contributed by atoms with van der Waals surface area (Å²) in [5.74, 6) is 0.318. The molecule has 0 bridgehead atoms. The number of aromatic nitrogens is 1. The summed E-state index contributed by atoms with van der Waals surface area (Å²) in [6.45, 7) is 5.09. The zero-order chi connectivity index (χ0) is 13.1. The van der Waals surface area contributed by atoms with E-state index in [9.17, 15) is 8.42 Å². The smallest absolute Gasteiger partial charge is 0.217 e. The molecule has 0 atom stereocenters. The van der Waals surface area contributed by atoms with Gasteiger partial charge in [0, 0.05) is 12.6 Å². The summed E-state index contributed by atoms with van der Waals surface area (Å²) < 4.78 is 30.5. The maximum absolute atomic E-state index is 11.7. The van der Waals surface area contributed by atoms with Gasteiger partial charge in [0.2, 0.25) is 10.0 Å². The normalized spacial score (nSPS) is 12.4. The highest BCUT2D eigenvalue weighted by molar-refractivity contribution is 7.88. The van der Waals surface area contributed by atoms with Crippen LogP contribution in [0.25, 0.3) is 0 Å². The Hall–Kier alpha value is -1.39. The lowest BCUT2D eigenvalue weighted by Crippen LogP contribution is -2.34. The van der Waals surface area contributed by atoms with E-state index in [-0.39, 0.29) is 12.3 Å². The molecule has 94 valence electrons. The first-order valence-electron chi connectivity index (χ1n) is 5.05. The Morgan fingerprint density at radius 2 is 2.24 bits per heavy atom. The van der Waals surface area contributed by atoms with Gasteiger partial charge in [-0.15, -0.1) is 0 Å². The minimum absolute atomic E-state index is 0.0721. The Kier molecular flexibility index (Phi) is 3.91. The quantitative estimate of drug-likeness (QED) is 0.847. The molecule has 0 saturated heterocycles. The lowest BCUT2D eigenvalue weighted by atomic mass is 9.97. The Balaban J connectivity index is 2.62. The second-order valence-corrected chi connectivity index (χ2v) is 6.31. The summed E-state index contributed by atoms with van der Waals surface area (Å²) >= 11 is 0. The summed E-state index contributed by atoms with van der Waals surface area (Å²) in [5, 5.41) is 12.4. The van der Waals surface area contributed by atoms with E-state index in [4.69, 9.17) is 9.78 Å². The van der Waals surface area contributed by atoms with Crippen LogP contribution < -0.4 is 4.72 Å². The molecule has 0 aliphatic carbocycles. The monoisotopic (exact) mass is 257 g/mol. The molecule has 1 aromatic rings. The van der Waals surface area contributed by atoms with Gasteiger partial charge in [-0.05, 0) is 20.8 Å². The van der Waals surface area contributed by atoms with Gasteiger partial charge in [0.1, 0.15) is 17.2 Å². The first-order chi connectivity index (χ1) is 7.74. The molecular formula is C10H15N3O3S. The lowest BCUT2D eigenvalue weighted by molar-refractivity contribution is 0.392. The van der Waals surface area contributed by atoms with Crippen LogP contribution >= 0.6 is 0 Å². The largest absolute Gasteiger partial charge is 0.361 e. The Labute approximate surface area is 101 Å². The van der Waals surface area contributed by atoms with Gasteiger partial charge in [-0.2, -0.15) is 5.26 Å². The average molecular weight is 257 g/mol. The van der Waals surface area contributed by atoms with Gasteiger partial charge in [0.25, 0.3) is 0 Å². The maximum Gasteiger partial charge on any atom is 0.217 e. The second-order valence-electron chi connectivity index (χ2n) is 4.50. The number of hydrogen-bond acceptors (Lipinski definition) is 5. The van der Waals surface area contributed by atoms with Crippen molar-refractivity contribution in [3.05, 3.63) is 17.5 Å². The van der Waals surface area contributed by atoms with Crippen molar-refractivity contribution < 1.29 is 12.9 Å². The van der Waals surface area contributed by atoms with Crippen molar-refractivity contribution in [1.29, 1.82) is 5.26 Å². The second kappa shape index (κ2) is 4.85. The summed E-state index contributed by atoms with van der Waals surface area (Å²) in [4.78, 5) is 0. The molecule has 0 fully saturated rings. The standard InChI is InChI=1S/C10H15N3O3S/c1-8-4-9(13-16-8)5-17(14,15)12-7-10(2,3)6-11/h4,12H,5,7H2,1-3H3. The molecule has 0 radical (unpaired) electrons. The fraction of sp³-hybridized carbons (Fsp3) is 0.600. The molecule has 1 N–H and O–H groups in total. The fourth-order valence-corrected chi connectivity index (χ4v) is 2.27. The van der Waals surface area contributed by atoms with E-state index in [1.54, 1.807) is 26.8 Å². The number of aryl methyl sites for hydroxylation is 1. The van der Waals surface area contributed by atoms with Crippen molar-refractivity contribution in [3.8, 4) is 6.07 Å². The van der Waals surface area contributed by atoms with E-state index in [0.717, 1.165) is 0 Å². The van der Waals surface area contributed by atoms with E-state index in [0.29, 0.717) is 11.5 Å². The van der Waals surface area contributed by atoms with Gasteiger partial charge in [-0.25, -0.2) is 13.1 Å². The van der Waals surface area contributed by atoms with Gasteiger partial charge in [0.05, 0.1) is 11.5 Å². The highest BCUT2D eigenvalue weighted by Crippen LogP contribution is 2.12. The third kappa shape index (κ3) is 4.54. The van der Waals surface area contributed by atoms with Gasteiger partial charge in [0.15, 0.2) is 0 Å². The van der Waals surface area contributed by atoms with E-state index >= 15 is 0 Å². The fourth-order valence-electron chi connectivity index (χ4n) is 1.06. The molecule has 0 amide bonds. The molecule has 0 saturated carbocycles. The van der Waals surface area contributed by atoms with Gasteiger partial charge < -0.3 is 4.52 Å². The predicted octanol–water partition coefficient (Wildman–Crippen LogP) is 0.952. The average Bonchev–Trinajstić information content (AvgIpc) is 2.61. The van der Waals surface area contributed by atoms with Crippen LogP contribution in [-0.4, -0.2) is 20.1 Å². The molecule has 1 heterocycles. The molecule has 1 aromatic heterocycles. The molecular weight excluding hydrogens is 242 g/mol. The minimum atomic E-state index is -3.49. The molecule has 6 nitrogen and oxygen atoms in total. The first kappa shape index (κ1) is 13.7. The lowest BCUT2D eigenvalue weighted by Gasteiger charge is -2.15. The van der Waals surface area contributed by atoms with E-state index < -0.39 is 15.4 Å². The van der Waals surface area contributed by atoms with E-state index in [1.165, 1.54) is 0 Å². The molecule has 1 rings (SSSR count). The zero-order valence-electron chi connectivity index (χ0n) is 10.0. The van der Waals surface area contributed by atoms with Gasteiger partial charge in [-0.1, -0.05) is 5.16 Å². The SMILES string of the molecule is Cc1cc(CS(=O)(=O)NCC(C)(C)C#N)no1. The maximum atomic E-state index is 11.7. The summed E-state index contributed by atoms with van der Waals surface area (Å²) in [5.41, 5.74) is -0.378. The number of hydrogen-bond donors (Lipinski definition) is 1. The van der Waals surface area contributed by atoms with Crippen LogP contribution in [0.15, 0.2) is 10.6 Å². The number of rotatable bonds is 5. The summed E-state index contributed by atoms with van der Waals surface area (Å²) in [6.07, 6.45) is 0. The van der Waals surface area contributed by atoms with Gasteiger partial charge >= 0.3 is 0 Å². The highest BCUT2D eigenvalue weighted by Gasteiger charge is 2.21. The van der Waals surface area contributed by atoms with Crippen LogP contribution in [0.1, 0.15) is 25.3 Å². The van der Waals surface area contributed by atoms with E-state index in [2.05, 4.69) is 9.88 Å². The Bertz CT molecular complexity index is 525. The van der Waals surface area contributed by atoms with Crippen LogP contribution in [0.5, 0.6) is 0 Å². The number of sulfonamides is 1. The molecule has 0 spiro atoms. The molecule has 0 aliphatic heterocycles. The minimum Gasteiger partial charge on any atom is -0.361 e. The number of nitriles is 1. The highest BCUT2D eigenvalue weighted by atomic mass is 32.2. The molecule has 7 heteroatoms. The van der Waals surface area contributed by atoms with Crippen LogP contribution in [0.3, 0.4) is 0 Å². The molecule has 0 unspecified atom stereocenters. The van der Waals surface area contributed by atoms with Crippen LogP contribution in [0.4, 0.5) is 0 Å². The van der Waals surface area contributed by atoms with Crippen molar-refractivity contribution in [3.63, 3.8) is 0 Å². The Morgan fingerprint density at radius 3 is 2.71 bits per heavy atom. The predicted molar refractivity (Wildman–Crippen MR) is 61.3 cm³/mol. The van der Waals surface area contributed by atoms with Gasteiger partial charge in [-0.3, -0.25) is 0 Å². The molecule has 0 aliphatic rings. The third-order valence-electron chi connectivity index (χ3n) is 2.05. The van der Waals surface area contributed by atoms with Crippen molar-refractivity contribution in [2.24, 2.45) is 5.41 Å². The van der Waals surface area contributed by atoms with Crippen molar-refractivity contribution >= 4 is 10.0 Å². The summed E-state index contributed by atoms with van der Waals surface area (Å²) in [7, 11) is -3.49. The van der Waals surface area contributed by atoms with E-state index in [1.807, 2.05) is 6.07 Å². The molecule has 17 heavy (non-hydrogen) atoms.